The van der Waals surface area contributed by atoms with Crippen LogP contribution >= 0.6 is 0 Å². The Morgan fingerprint density at radius 1 is 1.50 bits per heavy atom. The van der Waals surface area contributed by atoms with Crippen LogP contribution in [0.2, 0.25) is 0 Å². The van der Waals surface area contributed by atoms with Gasteiger partial charge in [-0.3, -0.25) is 0 Å². The topological polar surface area (TPSA) is 41.6 Å². The molecule has 58 valence electrons. The molecule has 12 heavy (non-hydrogen) atoms. The predicted octanol–water partition coefficient (Wildman–Crippen LogP) is 1.56. The molecule has 0 bridgehead atoms. The van der Waals surface area contributed by atoms with Gasteiger partial charge in [-0.25, -0.2) is 4.98 Å². The van der Waals surface area contributed by atoms with E-state index in [-0.39, 0.29) is 0 Å². The van der Waals surface area contributed by atoms with E-state index in [0.29, 0.717) is 6.54 Å². The highest BCUT2D eigenvalue weighted by Crippen LogP contribution is 2.11. The van der Waals surface area contributed by atoms with Gasteiger partial charge >= 0.3 is 0 Å². The van der Waals surface area contributed by atoms with Crippen LogP contribution < -0.4 is 0 Å². The molecular formula is C9H7N3. The molecule has 3 nitrogen and oxygen atoms in total. The highest BCUT2D eigenvalue weighted by atomic mass is 15.0. The molecule has 0 radical (unpaired) electrons. The van der Waals surface area contributed by atoms with Crippen LogP contribution in [0.15, 0.2) is 30.6 Å². The lowest BCUT2D eigenvalue weighted by Gasteiger charge is -1.95. The second kappa shape index (κ2) is 2.67. The van der Waals surface area contributed by atoms with Crippen molar-refractivity contribution in [3.8, 4) is 6.07 Å². The molecule has 0 unspecified atom stereocenters. The van der Waals surface area contributed by atoms with Gasteiger partial charge in [-0.2, -0.15) is 5.26 Å². The zero-order valence-corrected chi connectivity index (χ0v) is 6.44. The molecule has 0 aliphatic heterocycles. The van der Waals surface area contributed by atoms with Gasteiger partial charge < -0.3 is 4.57 Å². The maximum Gasteiger partial charge on any atom is 0.140 e. The van der Waals surface area contributed by atoms with Crippen molar-refractivity contribution in [2.24, 2.45) is 0 Å². The Kier molecular flexibility index (Phi) is 1.52. The third kappa shape index (κ3) is 0.940. The zero-order chi connectivity index (χ0) is 8.39. The van der Waals surface area contributed by atoms with Crippen LogP contribution in [0, 0.1) is 11.3 Å². The Morgan fingerprint density at radius 3 is 3.25 bits per heavy atom. The Morgan fingerprint density at radius 2 is 2.42 bits per heavy atom. The van der Waals surface area contributed by atoms with Crippen molar-refractivity contribution in [3.05, 3.63) is 30.6 Å². The Bertz CT molecular complexity index is 436. The van der Waals surface area contributed by atoms with Gasteiger partial charge in [0.15, 0.2) is 0 Å². The summed E-state index contributed by atoms with van der Waals surface area (Å²) in [5.74, 6) is 0. The van der Waals surface area contributed by atoms with E-state index in [9.17, 15) is 0 Å². The number of nitriles is 1. The fraction of sp³-hybridized carbons (Fsp3) is 0.111. The van der Waals surface area contributed by atoms with Gasteiger partial charge in [0.2, 0.25) is 0 Å². The van der Waals surface area contributed by atoms with Gasteiger partial charge in [-0.05, 0) is 18.2 Å². The molecule has 0 aliphatic rings. The lowest BCUT2D eigenvalue weighted by Crippen LogP contribution is -1.93. The van der Waals surface area contributed by atoms with Gasteiger partial charge in [-0.1, -0.05) is 0 Å². The summed E-state index contributed by atoms with van der Waals surface area (Å²) in [6, 6.07) is 7.91. The molecule has 2 heterocycles. The largest absolute Gasteiger partial charge is 0.319 e. The maximum absolute atomic E-state index is 8.50. The van der Waals surface area contributed by atoms with E-state index < -0.39 is 0 Å². The first-order chi connectivity index (χ1) is 5.92. The van der Waals surface area contributed by atoms with Crippen LogP contribution in [0.25, 0.3) is 11.0 Å². The van der Waals surface area contributed by atoms with Crippen LogP contribution in [0.3, 0.4) is 0 Å². The summed E-state index contributed by atoms with van der Waals surface area (Å²) in [6.07, 6.45) is 3.61. The van der Waals surface area contributed by atoms with E-state index in [4.69, 9.17) is 5.26 Å². The Balaban J connectivity index is 2.64. The fourth-order valence-corrected chi connectivity index (χ4v) is 1.22. The summed E-state index contributed by atoms with van der Waals surface area (Å²) in [5, 5.41) is 9.58. The van der Waals surface area contributed by atoms with Gasteiger partial charge in [0.25, 0.3) is 0 Å². The van der Waals surface area contributed by atoms with Crippen molar-refractivity contribution in [3.63, 3.8) is 0 Å². The minimum absolute atomic E-state index is 0.362. The Hall–Kier alpha value is -1.82. The zero-order valence-electron chi connectivity index (χ0n) is 6.44. The minimum atomic E-state index is 0.362. The molecule has 0 fully saturated rings. The van der Waals surface area contributed by atoms with Gasteiger partial charge in [0.1, 0.15) is 12.2 Å². The van der Waals surface area contributed by atoms with E-state index in [0.717, 1.165) is 11.0 Å². The van der Waals surface area contributed by atoms with Crippen molar-refractivity contribution in [1.29, 1.82) is 5.26 Å². The fourth-order valence-electron chi connectivity index (χ4n) is 1.22. The van der Waals surface area contributed by atoms with Crippen LogP contribution in [-0.4, -0.2) is 9.55 Å². The third-order valence-corrected chi connectivity index (χ3v) is 1.76. The summed E-state index contributed by atoms with van der Waals surface area (Å²) in [6.45, 7) is 0.362. The number of nitrogens with zero attached hydrogens (tertiary/aromatic N) is 3. The molecular weight excluding hydrogens is 150 g/mol. The van der Waals surface area contributed by atoms with E-state index in [1.54, 1.807) is 6.20 Å². The molecule has 2 aromatic heterocycles. The summed E-state index contributed by atoms with van der Waals surface area (Å²) in [4.78, 5) is 4.17. The lowest BCUT2D eigenvalue weighted by molar-refractivity contribution is 0.861. The average Bonchev–Trinajstić information content (AvgIpc) is 2.50. The van der Waals surface area contributed by atoms with Crippen LogP contribution in [0.4, 0.5) is 0 Å². The smallest absolute Gasteiger partial charge is 0.140 e. The first-order valence-corrected chi connectivity index (χ1v) is 3.68. The maximum atomic E-state index is 8.50. The molecule has 0 N–H and O–H groups in total. The van der Waals surface area contributed by atoms with E-state index in [1.165, 1.54) is 0 Å². The minimum Gasteiger partial charge on any atom is -0.319 e. The number of fused-ring (bicyclic) bond motifs is 1. The molecule has 0 aliphatic carbocycles. The molecule has 2 rings (SSSR count). The second-order valence-electron chi connectivity index (χ2n) is 2.52. The summed E-state index contributed by atoms with van der Waals surface area (Å²) < 4.78 is 1.83. The van der Waals surface area contributed by atoms with Crippen molar-refractivity contribution in [2.45, 2.75) is 6.54 Å². The van der Waals surface area contributed by atoms with Gasteiger partial charge in [-0.15, -0.1) is 0 Å². The summed E-state index contributed by atoms with van der Waals surface area (Å²) in [5.41, 5.74) is 0.874. The van der Waals surface area contributed by atoms with Crippen molar-refractivity contribution in [1.82, 2.24) is 9.55 Å². The number of hydrogen-bond acceptors (Lipinski definition) is 2. The monoisotopic (exact) mass is 157 g/mol. The van der Waals surface area contributed by atoms with Crippen LogP contribution in [0.5, 0.6) is 0 Å². The summed E-state index contributed by atoms with van der Waals surface area (Å²) in [7, 11) is 0. The number of pyridine rings is 1. The molecule has 0 aromatic carbocycles. The molecule has 3 heteroatoms. The number of hydrogen-bond donors (Lipinski definition) is 0. The molecule has 0 saturated carbocycles. The quantitative estimate of drug-likeness (QED) is 0.630. The second-order valence-corrected chi connectivity index (χ2v) is 2.52. The van der Waals surface area contributed by atoms with Crippen LogP contribution in [0.1, 0.15) is 0 Å². The number of rotatable bonds is 1. The van der Waals surface area contributed by atoms with Crippen molar-refractivity contribution < 1.29 is 0 Å². The average molecular weight is 157 g/mol. The third-order valence-electron chi connectivity index (χ3n) is 1.76. The number of aromatic nitrogens is 2. The van der Waals surface area contributed by atoms with Crippen molar-refractivity contribution >= 4 is 11.0 Å². The van der Waals surface area contributed by atoms with E-state index in [1.807, 2.05) is 29.0 Å². The lowest BCUT2D eigenvalue weighted by atomic mass is 10.3. The van der Waals surface area contributed by atoms with E-state index in [2.05, 4.69) is 11.1 Å². The molecule has 2 aromatic rings. The first-order valence-electron chi connectivity index (χ1n) is 3.68. The molecule has 0 atom stereocenters. The standard InChI is InChI=1S/C9H7N3/c10-4-7-12-6-3-8-2-1-5-11-9(8)12/h1-3,5-6H,7H2. The SMILES string of the molecule is N#CCn1ccc2cccnc21. The normalized spacial score (nSPS) is 9.92. The van der Waals surface area contributed by atoms with Gasteiger partial charge in [0, 0.05) is 17.8 Å². The summed E-state index contributed by atoms with van der Waals surface area (Å²) >= 11 is 0. The molecule has 0 saturated heterocycles. The van der Waals surface area contributed by atoms with Gasteiger partial charge in [0.05, 0.1) is 6.07 Å². The molecule has 0 amide bonds. The van der Waals surface area contributed by atoms with E-state index >= 15 is 0 Å². The molecule has 0 spiro atoms. The van der Waals surface area contributed by atoms with Crippen molar-refractivity contribution in [2.75, 3.05) is 0 Å². The first kappa shape index (κ1) is 6.86. The highest BCUT2D eigenvalue weighted by Gasteiger charge is 1.98. The predicted molar refractivity (Wildman–Crippen MR) is 45.3 cm³/mol. The Labute approximate surface area is 69.9 Å². The highest BCUT2D eigenvalue weighted by molar-refractivity contribution is 5.75. The van der Waals surface area contributed by atoms with Crippen LogP contribution in [-0.2, 0) is 6.54 Å².